The lowest BCUT2D eigenvalue weighted by atomic mass is 10.1. The molecule has 6 heteroatoms. The zero-order valence-corrected chi connectivity index (χ0v) is 9.61. The molecule has 1 N–H and O–H groups in total. The second kappa shape index (κ2) is 4.13. The molecule has 0 saturated carbocycles. The zero-order valence-electron chi connectivity index (χ0n) is 9.61. The fourth-order valence-electron chi connectivity index (χ4n) is 1.83. The molecule has 1 aliphatic heterocycles. The van der Waals surface area contributed by atoms with Gasteiger partial charge in [-0.2, -0.15) is 0 Å². The van der Waals surface area contributed by atoms with E-state index in [1.807, 2.05) is 0 Å². The molecule has 1 aliphatic rings. The van der Waals surface area contributed by atoms with Crippen molar-refractivity contribution >= 4 is 11.8 Å². The Bertz CT molecular complexity index is 528. The molecule has 0 aromatic heterocycles. The number of alkyl halides is 2. The highest BCUT2D eigenvalue weighted by atomic mass is 19.3. The van der Waals surface area contributed by atoms with Crippen LogP contribution in [0.2, 0.25) is 0 Å². The smallest absolute Gasteiger partial charge is 0.288 e. The summed E-state index contributed by atoms with van der Waals surface area (Å²) in [6, 6.07) is 4.58. The van der Waals surface area contributed by atoms with Crippen LogP contribution in [0.3, 0.4) is 0 Å². The maximum absolute atomic E-state index is 13.1. The van der Waals surface area contributed by atoms with E-state index in [0.29, 0.717) is 4.90 Å². The van der Waals surface area contributed by atoms with Gasteiger partial charge in [-0.3, -0.25) is 14.5 Å². The second-order valence-electron chi connectivity index (χ2n) is 4.26. The minimum absolute atomic E-state index is 0.124. The Kier molecular flexibility index (Phi) is 2.90. The van der Waals surface area contributed by atoms with Crippen LogP contribution in [-0.4, -0.2) is 40.9 Å². The number of fused-ring (bicyclic) bond motifs is 1. The van der Waals surface area contributed by atoms with Gasteiger partial charge in [0.2, 0.25) is 0 Å². The lowest BCUT2D eigenvalue weighted by Crippen LogP contribution is -2.42. The van der Waals surface area contributed by atoms with Crippen molar-refractivity contribution < 1.29 is 23.5 Å². The highest BCUT2D eigenvalue weighted by Crippen LogP contribution is 2.26. The number of rotatable bonds is 3. The molecule has 0 atom stereocenters. The first kappa shape index (κ1) is 12.6. The van der Waals surface area contributed by atoms with Gasteiger partial charge < -0.3 is 5.11 Å². The first-order valence-corrected chi connectivity index (χ1v) is 5.31. The van der Waals surface area contributed by atoms with Crippen molar-refractivity contribution in [3.63, 3.8) is 0 Å². The Morgan fingerprint density at radius 1 is 1.22 bits per heavy atom. The summed E-state index contributed by atoms with van der Waals surface area (Å²) in [4.78, 5) is 24.1. The van der Waals surface area contributed by atoms with Crippen LogP contribution in [0.25, 0.3) is 0 Å². The molecule has 0 spiro atoms. The van der Waals surface area contributed by atoms with Crippen molar-refractivity contribution in [2.45, 2.75) is 12.8 Å². The Morgan fingerprint density at radius 2 is 1.83 bits per heavy atom. The van der Waals surface area contributed by atoms with E-state index in [2.05, 4.69) is 0 Å². The maximum atomic E-state index is 13.1. The average molecular weight is 255 g/mol. The van der Waals surface area contributed by atoms with Crippen molar-refractivity contribution in [3.05, 3.63) is 34.9 Å². The number of aliphatic hydroxyl groups excluding tert-OH is 1. The van der Waals surface area contributed by atoms with Crippen molar-refractivity contribution in [2.24, 2.45) is 0 Å². The number of carbonyl (C=O) groups is 2. The van der Waals surface area contributed by atoms with Crippen LogP contribution in [0.1, 0.15) is 26.3 Å². The van der Waals surface area contributed by atoms with E-state index in [4.69, 9.17) is 5.11 Å². The third kappa shape index (κ3) is 1.99. The van der Waals surface area contributed by atoms with Crippen molar-refractivity contribution in [3.8, 4) is 0 Å². The average Bonchev–Trinajstić information content (AvgIpc) is 2.54. The van der Waals surface area contributed by atoms with Gasteiger partial charge in [-0.05, 0) is 19.1 Å². The lowest BCUT2D eigenvalue weighted by Gasteiger charge is -2.20. The molecular formula is C12H11F2NO3. The topological polar surface area (TPSA) is 57.6 Å². The minimum atomic E-state index is -3.48. The lowest BCUT2D eigenvalue weighted by molar-refractivity contribution is -0.0627. The quantitative estimate of drug-likeness (QED) is 0.826. The molecule has 1 aromatic carbocycles. The van der Waals surface area contributed by atoms with Crippen LogP contribution in [-0.2, 0) is 0 Å². The van der Waals surface area contributed by atoms with Crippen LogP contribution in [0.15, 0.2) is 18.2 Å². The molecule has 96 valence electrons. The number of nitrogens with zero attached hydrogens (tertiary/aromatic N) is 1. The first-order valence-electron chi connectivity index (χ1n) is 5.31. The largest absolute Gasteiger partial charge is 0.390 e. The summed E-state index contributed by atoms with van der Waals surface area (Å²) in [5, 5.41) is 8.49. The zero-order chi connectivity index (χ0) is 13.5. The Balaban J connectivity index is 2.34. The predicted molar refractivity (Wildman–Crippen MR) is 58.6 cm³/mol. The molecular weight excluding hydrogens is 244 g/mol. The fraction of sp³-hybridized carbons (Fsp3) is 0.333. The fourth-order valence-corrected chi connectivity index (χ4v) is 1.83. The van der Waals surface area contributed by atoms with E-state index in [9.17, 15) is 18.4 Å². The molecule has 0 unspecified atom stereocenters. The van der Waals surface area contributed by atoms with Crippen molar-refractivity contribution in [1.29, 1.82) is 0 Å². The van der Waals surface area contributed by atoms with Gasteiger partial charge in [0.15, 0.2) is 0 Å². The molecule has 1 heterocycles. The van der Waals surface area contributed by atoms with Gasteiger partial charge in [-0.1, -0.05) is 11.6 Å². The standard InChI is InChI=1S/C12H11F2NO3/c1-7-2-3-8-9(4-7)11(18)15(10(8)17)5-12(13,14)6-16/h2-4,16H,5-6H2,1H3. The number of imide groups is 1. The SMILES string of the molecule is Cc1ccc2c(c1)C(=O)N(CC(F)(F)CO)C2=O. The normalized spacial score (nSPS) is 15.2. The summed E-state index contributed by atoms with van der Waals surface area (Å²) in [7, 11) is 0. The summed E-state index contributed by atoms with van der Waals surface area (Å²) in [5.41, 5.74) is 1.03. The first-order chi connectivity index (χ1) is 8.35. The number of aryl methyl sites for hydroxylation is 1. The predicted octanol–water partition coefficient (Wildman–Crippen LogP) is 1.22. The van der Waals surface area contributed by atoms with Crippen LogP contribution >= 0.6 is 0 Å². The maximum Gasteiger partial charge on any atom is 0.288 e. The van der Waals surface area contributed by atoms with Gasteiger partial charge in [0.05, 0.1) is 17.7 Å². The van der Waals surface area contributed by atoms with Gasteiger partial charge in [0, 0.05) is 0 Å². The van der Waals surface area contributed by atoms with Gasteiger partial charge in [-0.15, -0.1) is 0 Å². The van der Waals surface area contributed by atoms with Crippen LogP contribution in [0, 0.1) is 6.92 Å². The molecule has 2 amide bonds. The third-order valence-corrected chi connectivity index (χ3v) is 2.75. The van der Waals surface area contributed by atoms with E-state index < -0.39 is 30.9 Å². The van der Waals surface area contributed by atoms with E-state index in [1.54, 1.807) is 13.0 Å². The van der Waals surface area contributed by atoms with E-state index in [0.717, 1.165) is 5.56 Å². The summed E-state index contributed by atoms with van der Waals surface area (Å²) in [5.74, 6) is -4.97. The van der Waals surface area contributed by atoms with Crippen molar-refractivity contribution in [2.75, 3.05) is 13.2 Å². The van der Waals surface area contributed by atoms with Gasteiger partial charge >= 0.3 is 0 Å². The van der Waals surface area contributed by atoms with Gasteiger partial charge in [-0.25, -0.2) is 8.78 Å². The summed E-state index contributed by atoms with van der Waals surface area (Å²) in [6.45, 7) is -0.767. The Hall–Kier alpha value is -1.82. The number of hydrogen-bond donors (Lipinski definition) is 1. The van der Waals surface area contributed by atoms with E-state index in [1.165, 1.54) is 12.1 Å². The third-order valence-electron chi connectivity index (χ3n) is 2.75. The number of halogens is 2. The molecule has 0 fully saturated rings. The van der Waals surface area contributed by atoms with E-state index >= 15 is 0 Å². The van der Waals surface area contributed by atoms with Crippen LogP contribution in [0.4, 0.5) is 8.78 Å². The molecule has 0 radical (unpaired) electrons. The molecule has 0 saturated heterocycles. The van der Waals surface area contributed by atoms with Gasteiger partial charge in [0.25, 0.3) is 17.7 Å². The second-order valence-corrected chi connectivity index (χ2v) is 4.26. The number of aliphatic hydroxyl groups is 1. The minimum Gasteiger partial charge on any atom is -0.390 e. The number of amides is 2. The highest BCUT2D eigenvalue weighted by molar-refractivity contribution is 6.21. The molecule has 4 nitrogen and oxygen atoms in total. The van der Waals surface area contributed by atoms with Crippen LogP contribution in [0.5, 0.6) is 0 Å². The molecule has 2 rings (SSSR count). The van der Waals surface area contributed by atoms with Gasteiger partial charge in [0.1, 0.15) is 6.61 Å². The summed E-state index contributed by atoms with van der Waals surface area (Å²) >= 11 is 0. The molecule has 0 aliphatic carbocycles. The highest BCUT2D eigenvalue weighted by Gasteiger charge is 2.42. The summed E-state index contributed by atoms with van der Waals surface area (Å²) in [6.07, 6.45) is 0. The Labute approximate surface area is 102 Å². The van der Waals surface area contributed by atoms with Crippen molar-refractivity contribution in [1.82, 2.24) is 4.90 Å². The molecule has 18 heavy (non-hydrogen) atoms. The monoisotopic (exact) mass is 255 g/mol. The van der Waals surface area contributed by atoms with E-state index in [-0.39, 0.29) is 11.1 Å². The number of carbonyl (C=O) groups excluding carboxylic acids is 2. The molecule has 1 aromatic rings. The van der Waals surface area contributed by atoms with Crippen LogP contribution < -0.4 is 0 Å². The Morgan fingerprint density at radius 3 is 2.44 bits per heavy atom. The molecule has 0 bridgehead atoms. The number of benzene rings is 1. The number of hydrogen-bond acceptors (Lipinski definition) is 3. The summed E-state index contributed by atoms with van der Waals surface area (Å²) < 4.78 is 26.1.